The molecule has 2 rings (SSSR count). The molecule has 0 heterocycles. The summed E-state index contributed by atoms with van der Waals surface area (Å²) in [7, 11) is 0. The Morgan fingerprint density at radius 2 is 1.18 bits per heavy atom. The molecule has 0 aliphatic rings. The number of hydrogen-bond acceptors (Lipinski definition) is 4. The third kappa shape index (κ3) is 6.76. The maximum Gasteiger partial charge on any atom is 1.00 e. The molecule has 2 aromatic rings. The van der Waals surface area contributed by atoms with E-state index < -0.39 is 11.9 Å². The maximum absolute atomic E-state index is 10.8. The molecule has 0 fully saturated rings. The summed E-state index contributed by atoms with van der Waals surface area (Å²) < 4.78 is 0. The first-order valence-corrected chi connectivity index (χ1v) is 5.71. The van der Waals surface area contributed by atoms with Gasteiger partial charge in [0.15, 0.2) is 0 Å². The van der Waals surface area contributed by atoms with Gasteiger partial charge in [0.05, 0.1) is 11.9 Å². The second-order valence-electron chi connectivity index (χ2n) is 3.99. The summed E-state index contributed by atoms with van der Waals surface area (Å²) in [4.78, 5) is 21.7. The Balaban J connectivity index is 0.00000220. The van der Waals surface area contributed by atoms with E-state index in [4.69, 9.17) is 0 Å². The summed E-state index contributed by atoms with van der Waals surface area (Å²) in [5.41, 5.74) is 0.518. The van der Waals surface area contributed by atoms with Crippen LogP contribution in [0, 0.1) is 11.8 Å². The fourth-order valence-electron chi connectivity index (χ4n) is 1.60. The van der Waals surface area contributed by atoms with E-state index in [1.807, 2.05) is 18.2 Å². The summed E-state index contributed by atoms with van der Waals surface area (Å²) >= 11 is 0. The minimum atomic E-state index is -1.46. The van der Waals surface area contributed by atoms with Crippen molar-refractivity contribution in [3.05, 3.63) is 70.8 Å². The molecule has 0 N–H and O–H groups in total. The van der Waals surface area contributed by atoms with Crippen LogP contribution in [0.4, 0.5) is 0 Å². The molecule has 0 aromatic heterocycles. The predicted octanol–water partition coefficient (Wildman–Crippen LogP) is -6.18. The number of hydrogen-bond donors (Lipinski definition) is 0. The first-order chi connectivity index (χ1) is 9.56. The normalized spacial score (nSPS) is 8.55. The van der Waals surface area contributed by atoms with Crippen LogP contribution in [-0.4, -0.2) is 11.9 Å². The summed E-state index contributed by atoms with van der Waals surface area (Å²) in [5.74, 6) is 2.61. The fourth-order valence-corrected chi connectivity index (χ4v) is 1.60. The van der Waals surface area contributed by atoms with Crippen LogP contribution in [0.25, 0.3) is 0 Å². The molecule has 98 valence electrons. The van der Waals surface area contributed by atoms with Crippen LogP contribution in [-0.2, 0) is 0 Å². The quantitative estimate of drug-likeness (QED) is 0.402. The van der Waals surface area contributed by atoms with Gasteiger partial charge in [0, 0.05) is 11.1 Å². The van der Waals surface area contributed by atoms with Crippen molar-refractivity contribution in [1.82, 2.24) is 0 Å². The SMILES string of the molecule is O=C([O-])c1cc(C#Cc2ccccc2)cc(C(=O)[O-])c1.[K+].[K+]. The number of carbonyl (C=O) groups excluding carboxylic acids is 2. The molecule has 2 aromatic carbocycles. The Kier molecular flexibility index (Phi) is 11.0. The molecule has 0 spiro atoms. The van der Waals surface area contributed by atoms with E-state index in [0.717, 1.165) is 11.6 Å². The average molecular weight is 342 g/mol. The van der Waals surface area contributed by atoms with Crippen LogP contribution in [0.3, 0.4) is 0 Å². The topological polar surface area (TPSA) is 80.3 Å². The number of carboxylic acid groups (broad SMARTS) is 2. The van der Waals surface area contributed by atoms with Crippen LogP contribution in [0.15, 0.2) is 48.5 Å². The van der Waals surface area contributed by atoms with Gasteiger partial charge in [-0.25, -0.2) is 0 Å². The smallest absolute Gasteiger partial charge is 0.545 e. The average Bonchev–Trinajstić information content (AvgIpc) is 2.45. The largest absolute Gasteiger partial charge is 1.00 e. The molecule has 0 bridgehead atoms. The zero-order valence-electron chi connectivity index (χ0n) is 12.3. The van der Waals surface area contributed by atoms with Crippen LogP contribution in [0.5, 0.6) is 0 Å². The van der Waals surface area contributed by atoms with E-state index in [0.29, 0.717) is 0 Å². The molecular formula is C16H8K2O4. The van der Waals surface area contributed by atoms with Gasteiger partial charge >= 0.3 is 103 Å². The van der Waals surface area contributed by atoms with Gasteiger partial charge < -0.3 is 19.8 Å². The van der Waals surface area contributed by atoms with Crippen LogP contribution < -0.4 is 113 Å². The van der Waals surface area contributed by atoms with Gasteiger partial charge in [-0.15, -0.1) is 0 Å². The number of aromatic carboxylic acids is 2. The van der Waals surface area contributed by atoms with Gasteiger partial charge in [0.1, 0.15) is 0 Å². The van der Waals surface area contributed by atoms with Gasteiger partial charge in [-0.3, -0.25) is 0 Å². The van der Waals surface area contributed by atoms with Crippen molar-refractivity contribution in [2.45, 2.75) is 0 Å². The number of rotatable bonds is 2. The molecule has 22 heavy (non-hydrogen) atoms. The summed E-state index contributed by atoms with van der Waals surface area (Å²) in [6, 6.07) is 12.6. The molecule has 0 aliphatic carbocycles. The van der Waals surface area contributed by atoms with E-state index in [2.05, 4.69) is 11.8 Å². The Bertz CT molecular complexity index is 699. The van der Waals surface area contributed by atoms with Crippen LogP contribution >= 0.6 is 0 Å². The Hall–Kier alpha value is 0.213. The maximum atomic E-state index is 10.8. The van der Waals surface area contributed by atoms with Crippen molar-refractivity contribution in [1.29, 1.82) is 0 Å². The van der Waals surface area contributed by atoms with Gasteiger partial charge in [0.2, 0.25) is 0 Å². The molecule has 0 radical (unpaired) electrons. The zero-order chi connectivity index (χ0) is 14.5. The monoisotopic (exact) mass is 342 g/mol. The second kappa shape index (κ2) is 10.9. The molecule has 4 nitrogen and oxygen atoms in total. The standard InChI is InChI=1S/C16H10O4.2K/c17-15(18)13-8-12(9-14(10-13)16(19)20)7-6-11-4-2-1-3-5-11;;/h1-5,8-10H,(H,17,18)(H,19,20);;/q;2*+1/p-2. The van der Waals surface area contributed by atoms with Gasteiger partial charge in [-0.05, 0) is 41.5 Å². The van der Waals surface area contributed by atoms with Crippen molar-refractivity contribution in [2.75, 3.05) is 0 Å². The summed E-state index contributed by atoms with van der Waals surface area (Å²) in [6.07, 6.45) is 0. The molecule has 0 unspecified atom stereocenters. The van der Waals surface area contributed by atoms with Crippen molar-refractivity contribution < 1.29 is 123 Å². The number of benzene rings is 2. The molecule has 0 saturated heterocycles. The fraction of sp³-hybridized carbons (Fsp3) is 0. The minimum absolute atomic E-state index is 0. The van der Waals surface area contributed by atoms with E-state index >= 15 is 0 Å². The van der Waals surface area contributed by atoms with E-state index in [1.165, 1.54) is 12.1 Å². The molecule has 0 saturated carbocycles. The van der Waals surface area contributed by atoms with Crippen molar-refractivity contribution in [2.24, 2.45) is 0 Å². The van der Waals surface area contributed by atoms with Crippen molar-refractivity contribution in [3.8, 4) is 11.8 Å². The van der Waals surface area contributed by atoms with E-state index in [-0.39, 0.29) is 119 Å². The van der Waals surface area contributed by atoms with Crippen molar-refractivity contribution >= 4 is 11.9 Å². The minimum Gasteiger partial charge on any atom is -0.545 e. The first kappa shape index (κ1) is 22.2. The van der Waals surface area contributed by atoms with Crippen molar-refractivity contribution in [3.63, 3.8) is 0 Å². The molecule has 0 aliphatic heterocycles. The van der Waals surface area contributed by atoms with Crippen LogP contribution in [0.2, 0.25) is 0 Å². The second-order valence-corrected chi connectivity index (χ2v) is 3.99. The predicted molar refractivity (Wildman–Crippen MR) is 67.5 cm³/mol. The zero-order valence-corrected chi connectivity index (χ0v) is 18.5. The molecule has 0 atom stereocenters. The van der Waals surface area contributed by atoms with Gasteiger partial charge in [0.25, 0.3) is 0 Å². The van der Waals surface area contributed by atoms with Gasteiger partial charge in [-0.2, -0.15) is 0 Å². The Morgan fingerprint density at radius 1 is 0.727 bits per heavy atom. The number of carboxylic acids is 2. The third-order valence-corrected chi connectivity index (χ3v) is 2.53. The van der Waals surface area contributed by atoms with Gasteiger partial charge in [-0.1, -0.05) is 30.0 Å². The third-order valence-electron chi connectivity index (χ3n) is 2.53. The summed E-state index contributed by atoms with van der Waals surface area (Å²) in [5, 5.41) is 21.7. The Morgan fingerprint density at radius 3 is 1.64 bits per heavy atom. The molecular weight excluding hydrogens is 334 g/mol. The van der Waals surface area contributed by atoms with Crippen LogP contribution in [0.1, 0.15) is 31.8 Å². The first-order valence-electron chi connectivity index (χ1n) is 5.71. The Labute approximate surface area is 213 Å². The van der Waals surface area contributed by atoms with E-state index in [9.17, 15) is 19.8 Å². The molecule has 0 amide bonds. The molecule has 6 heteroatoms. The summed E-state index contributed by atoms with van der Waals surface area (Å²) in [6.45, 7) is 0. The number of carbonyl (C=O) groups is 2. The van der Waals surface area contributed by atoms with E-state index in [1.54, 1.807) is 12.1 Å².